The van der Waals surface area contributed by atoms with Gasteiger partial charge in [0.25, 0.3) is 5.91 Å². The van der Waals surface area contributed by atoms with E-state index in [1.807, 2.05) is 31.2 Å². The van der Waals surface area contributed by atoms with E-state index in [9.17, 15) is 9.59 Å². The van der Waals surface area contributed by atoms with Crippen molar-refractivity contribution < 1.29 is 19.4 Å². The smallest absolute Gasteiger partial charge is 0.307 e. The summed E-state index contributed by atoms with van der Waals surface area (Å²) in [5.41, 5.74) is 2.80. The average molecular weight is 420 g/mol. The van der Waals surface area contributed by atoms with E-state index in [0.717, 1.165) is 34.7 Å². The summed E-state index contributed by atoms with van der Waals surface area (Å²) >= 11 is 0. The first kappa shape index (κ1) is 21.2. The lowest BCUT2D eigenvalue weighted by Crippen LogP contribution is -2.13. The molecule has 4 rings (SSSR count). The number of ether oxygens (including phenoxy) is 1. The number of aliphatic carboxylic acids is 1. The lowest BCUT2D eigenvalue weighted by molar-refractivity contribution is -0.136. The van der Waals surface area contributed by atoms with Crippen molar-refractivity contribution in [2.75, 3.05) is 6.61 Å². The van der Waals surface area contributed by atoms with E-state index in [1.54, 1.807) is 28.8 Å². The molecule has 1 aliphatic carbocycles. The van der Waals surface area contributed by atoms with Gasteiger partial charge in [-0.15, -0.1) is 0 Å². The number of hydrogen-bond acceptors (Lipinski definition) is 3. The summed E-state index contributed by atoms with van der Waals surface area (Å²) in [5.74, 6) is 0.549. The Balaban J connectivity index is 1.47. The molecule has 3 aromatic rings. The third-order valence-corrected chi connectivity index (χ3v) is 6.29. The Kier molecular flexibility index (Phi) is 6.40. The number of carbonyl (C=O) groups is 2. The fourth-order valence-electron chi connectivity index (χ4n) is 4.65. The van der Waals surface area contributed by atoms with Crippen LogP contribution in [-0.4, -0.2) is 28.2 Å². The zero-order chi connectivity index (χ0) is 21.8. The minimum absolute atomic E-state index is 0.0676. The number of benzene rings is 2. The molecule has 2 aromatic carbocycles. The Morgan fingerprint density at radius 2 is 1.81 bits per heavy atom. The summed E-state index contributed by atoms with van der Waals surface area (Å²) in [7, 11) is 0. The van der Waals surface area contributed by atoms with Crippen LogP contribution in [0.15, 0.2) is 48.5 Å². The van der Waals surface area contributed by atoms with E-state index < -0.39 is 5.97 Å². The molecule has 1 N–H and O–H groups in total. The second-order valence-corrected chi connectivity index (χ2v) is 8.51. The maximum absolute atomic E-state index is 13.2. The van der Waals surface area contributed by atoms with Crippen LogP contribution in [0.2, 0.25) is 0 Å². The fraction of sp³-hybridized carbons (Fsp3) is 0.385. The zero-order valence-electron chi connectivity index (χ0n) is 18.0. The van der Waals surface area contributed by atoms with Gasteiger partial charge in [-0.2, -0.15) is 0 Å². The van der Waals surface area contributed by atoms with Gasteiger partial charge in [0.05, 0.1) is 18.5 Å². The van der Waals surface area contributed by atoms with Crippen LogP contribution in [0.3, 0.4) is 0 Å². The van der Waals surface area contributed by atoms with Gasteiger partial charge in [0, 0.05) is 16.6 Å². The maximum atomic E-state index is 13.2. The SMILES string of the molecule is Cc1cc2c(CC(=O)O)cccc2n1C(=O)c1ccc(OCCC2CCCCC2)cc1. The van der Waals surface area contributed by atoms with Gasteiger partial charge in [-0.25, -0.2) is 0 Å². The fourth-order valence-corrected chi connectivity index (χ4v) is 4.65. The molecule has 162 valence electrons. The molecule has 0 radical (unpaired) electrons. The number of aromatic nitrogens is 1. The van der Waals surface area contributed by atoms with Crippen molar-refractivity contribution in [2.24, 2.45) is 5.92 Å². The number of nitrogens with zero attached hydrogens (tertiary/aromatic N) is 1. The molecule has 5 heteroatoms. The summed E-state index contributed by atoms with van der Waals surface area (Å²) in [6, 6.07) is 14.6. The Hall–Kier alpha value is -3.08. The maximum Gasteiger partial charge on any atom is 0.307 e. The van der Waals surface area contributed by atoms with Crippen molar-refractivity contribution in [3.63, 3.8) is 0 Å². The third kappa shape index (κ3) is 4.82. The summed E-state index contributed by atoms with van der Waals surface area (Å²) in [6.45, 7) is 2.58. The van der Waals surface area contributed by atoms with E-state index in [4.69, 9.17) is 9.84 Å². The van der Waals surface area contributed by atoms with Crippen molar-refractivity contribution in [1.82, 2.24) is 4.57 Å². The van der Waals surface area contributed by atoms with Gasteiger partial charge in [0.1, 0.15) is 5.75 Å². The largest absolute Gasteiger partial charge is 0.494 e. The molecule has 0 aliphatic heterocycles. The molecule has 1 fully saturated rings. The minimum Gasteiger partial charge on any atom is -0.494 e. The van der Waals surface area contributed by atoms with Crippen molar-refractivity contribution in [2.45, 2.75) is 51.9 Å². The number of carboxylic acid groups (broad SMARTS) is 1. The number of aryl methyl sites for hydroxylation is 1. The highest BCUT2D eigenvalue weighted by Gasteiger charge is 2.17. The molecule has 0 saturated heterocycles. The first-order chi connectivity index (χ1) is 15.0. The number of carboxylic acids is 1. The topological polar surface area (TPSA) is 68.5 Å². The molecule has 1 heterocycles. The lowest BCUT2D eigenvalue weighted by atomic mass is 9.87. The summed E-state index contributed by atoms with van der Waals surface area (Å²) in [5, 5.41) is 9.97. The average Bonchev–Trinajstić information content (AvgIpc) is 3.11. The molecule has 0 spiro atoms. The van der Waals surface area contributed by atoms with E-state index in [-0.39, 0.29) is 12.3 Å². The second kappa shape index (κ2) is 9.38. The standard InChI is InChI=1S/C26H29NO4/c1-18-16-23-21(17-25(28)29)8-5-9-24(23)27(18)26(30)20-10-12-22(13-11-20)31-15-14-19-6-3-2-4-7-19/h5,8-13,16,19H,2-4,6-7,14-15,17H2,1H3,(H,28,29). The van der Waals surface area contributed by atoms with Gasteiger partial charge < -0.3 is 9.84 Å². The van der Waals surface area contributed by atoms with E-state index in [0.29, 0.717) is 17.7 Å². The van der Waals surface area contributed by atoms with Crippen LogP contribution < -0.4 is 4.74 Å². The molecular formula is C26H29NO4. The molecule has 0 atom stereocenters. The van der Waals surface area contributed by atoms with Crippen molar-refractivity contribution in [3.8, 4) is 5.75 Å². The lowest BCUT2D eigenvalue weighted by Gasteiger charge is -2.21. The van der Waals surface area contributed by atoms with Crippen LogP contribution >= 0.6 is 0 Å². The molecule has 31 heavy (non-hydrogen) atoms. The molecule has 1 aromatic heterocycles. The van der Waals surface area contributed by atoms with Crippen molar-refractivity contribution in [3.05, 3.63) is 65.4 Å². The predicted molar refractivity (Wildman–Crippen MR) is 121 cm³/mol. The van der Waals surface area contributed by atoms with Gasteiger partial charge in [0.2, 0.25) is 0 Å². The molecule has 1 aliphatic rings. The highest BCUT2D eigenvalue weighted by atomic mass is 16.5. The molecule has 0 bridgehead atoms. The summed E-state index contributed by atoms with van der Waals surface area (Å²) in [4.78, 5) is 24.4. The van der Waals surface area contributed by atoms with Gasteiger partial charge in [-0.3, -0.25) is 14.2 Å². The number of fused-ring (bicyclic) bond motifs is 1. The van der Waals surface area contributed by atoms with Crippen molar-refractivity contribution in [1.29, 1.82) is 0 Å². The summed E-state index contributed by atoms with van der Waals surface area (Å²) < 4.78 is 7.56. The van der Waals surface area contributed by atoms with E-state index in [1.165, 1.54) is 32.1 Å². The van der Waals surface area contributed by atoms with E-state index in [2.05, 4.69) is 0 Å². The molecule has 5 nitrogen and oxygen atoms in total. The minimum atomic E-state index is -0.886. The van der Waals surface area contributed by atoms with Crippen molar-refractivity contribution >= 4 is 22.8 Å². The van der Waals surface area contributed by atoms with Crippen LogP contribution in [0, 0.1) is 12.8 Å². The predicted octanol–water partition coefficient (Wildman–Crippen LogP) is 5.61. The quantitative estimate of drug-likeness (QED) is 0.540. The van der Waals surface area contributed by atoms with Crippen LogP contribution in [0.1, 0.15) is 60.1 Å². The third-order valence-electron chi connectivity index (χ3n) is 6.29. The number of hydrogen-bond donors (Lipinski definition) is 1. The van der Waals surface area contributed by atoms with Gasteiger partial charge >= 0.3 is 5.97 Å². The Labute approximate surface area is 182 Å². The summed E-state index contributed by atoms with van der Waals surface area (Å²) in [6.07, 6.45) is 7.70. The van der Waals surface area contributed by atoms with E-state index >= 15 is 0 Å². The second-order valence-electron chi connectivity index (χ2n) is 8.51. The molecule has 0 amide bonds. The van der Waals surface area contributed by atoms with Crippen LogP contribution in [-0.2, 0) is 11.2 Å². The first-order valence-corrected chi connectivity index (χ1v) is 11.1. The highest BCUT2D eigenvalue weighted by molar-refractivity contribution is 6.04. The zero-order valence-corrected chi connectivity index (χ0v) is 18.0. The van der Waals surface area contributed by atoms with Gasteiger partial charge in [-0.05, 0) is 61.2 Å². The Bertz CT molecular complexity index is 1070. The van der Waals surface area contributed by atoms with Gasteiger partial charge in [0.15, 0.2) is 0 Å². The molecule has 0 unspecified atom stereocenters. The first-order valence-electron chi connectivity index (χ1n) is 11.1. The number of rotatable bonds is 7. The van der Waals surface area contributed by atoms with Gasteiger partial charge in [-0.1, -0.05) is 44.2 Å². The molecular weight excluding hydrogens is 390 g/mol. The Morgan fingerprint density at radius 1 is 1.06 bits per heavy atom. The van der Waals surface area contributed by atoms with Crippen LogP contribution in [0.25, 0.3) is 10.9 Å². The van der Waals surface area contributed by atoms with Crippen LogP contribution in [0.5, 0.6) is 5.75 Å². The van der Waals surface area contributed by atoms with Crippen LogP contribution in [0.4, 0.5) is 0 Å². The number of carbonyl (C=O) groups excluding carboxylic acids is 1. The Morgan fingerprint density at radius 3 is 2.52 bits per heavy atom. The normalized spacial score (nSPS) is 14.6. The highest BCUT2D eigenvalue weighted by Crippen LogP contribution is 2.27. The monoisotopic (exact) mass is 419 g/mol. The molecule has 1 saturated carbocycles.